The summed E-state index contributed by atoms with van der Waals surface area (Å²) in [6.07, 6.45) is 5.71. The molecule has 1 aliphatic carbocycles. The minimum Gasteiger partial charge on any atom is -0.496 e. The van der Waals surface area contributed by atoms with Gasteiger partial charge in [-0.1, -0.05) is 37.5 Å². The molecular formula is C21H32N2O3. The number of morpholine rings is 1. The molecule has 0 radical (unpaired) electrons. The third kappa shape index (κ3) is 5.21. The Kier molecular flexibility index (Phi) is 7.32. The van der Waals surface area contributed by atoms with Gasteiger partial charge in [0.15, 0.2) is 0 Å². The summed E-state index contributed by atoms with van der Waals surface area (Å²) in [5, 5.41) is 0. The van der Waals surface area contributed by atoms with Crippen LogP contribution in [0.25, 0.3) is 0 Å². The van der Waals surface area contributed by atoms with Gasteiger partial charge in [-0.25, -0.2) is 0 Å². The SMILES string of the molecule is COc1ccccc1CN(CCN1CCOCC1)C(=O)C1CCCCC1. The second-order valence-electron chi connectivity index (χ2n) is 7.36. The maximum Gasteiger partial charge on any atom is 0.226 e. The highest BCUT2D eigenvalue weighted by atomic mass is 16.5. The fourth-order valence-corrected chi connectivity index (χ4v) is 4.00. The van der Waals surface area contributed by atoms with E-state index in [-0.39, 0.29) is 5.92 Å². The topological polar surface area (TPSA) is 42.0 Å². The summed E-state index contributed by atoms with van der Waals surface area (Å²) < 4.78 is 10.9. The molecule has 0 unspecified atom stereocenters. The van der Waals surface area contributed by atoms with Gasteiger partial charge in [-0.05, 0) is 18.9 Å². The second-order valence-corrected chi connectivity index (χ2v) is 7.36. The summed E-state index contributed by atoms with van der Waals surface area (Å²) in [5.74, 6) is 1.38. The Morgan fingerprint density at radius 3 is 2.65 bits per heavy atom. The van der Waals surface area contributed by atoms with E-state index in [4.69, 9.17) is 9.47 Å². The molecule has 0 aromatic heterocycles. The van der Waals surface area contributed by atoms with E-state index in [2.05, 4.69) is 15.9 Å². The first kappa shape index (κ1) is 19.2. The maximum absolute atomic E-state index is 13.2. The van der Waals surface area contributed by atoms with Crippen molar-refractivity contribution in [1.29, 1.82) is 0 Å². The molecule has 0 N–H and O–H groups in total. The summed E-state index contributed by atoms with van der Waals surface area (Å²) in [6, 6.07) is 8.03. The van der Waals surface area contributed by atoms with Crippen LogP contribution in [-0.4, -0.2) is 62.2 Å². The van der Waals surface area contributed by atoms with Crippen LogP contribution in [0.3, 0.4) is 0 Å². The molecule has 144 valence electrons. The molecule has 0 bridgehead atoms. The zero-order valence-corrected chi connectivity index (χ0v) is 16.0. The fraction of sp³-hybridized carbons (Fsp3) is 0.667. The predicted molar refractivity (Wildman–Crippen MR) is 102 cm³/mol. The lowest BCUT2D eigenvalue weighted by Gasteiger charge is -2.33. The monoisotopic (exact) mass is 360 g/mol. The van der Waals surface area contributed by atoms with E-state index in [1.165, 1.54) is 19.3 Å². The van der Waals surface area contributed by atoms with Gasteiger partial charge in [-0.3, -0.25) is 9.69 Å². The predicted octanol–water partition coefficient (Wildman–Crippen LogP) is 2.94. The van der Waals surface area contributed by atoms with Gasteiger partial charge in [0.1, 0.15) is 5.75 Å². The molecule has 1 aromatic rings. The minimum atomic E-state index is 0.197. The van der Waals surface area contributed by atoms with Crippen LogP contribution in [0.15, 0.2) is 24.3 Å². The summed E-state index contributed by atoms with van der Waals surface area (Å²) in [6.45, 7) is 5.82. The van der Waals surface area contributed by atoms with E-state index in [0.29, 0.717) is 12.5 Å². The number of nitrogens with zero attached hydrogens (tertiary/aromatic N) is 2. The maximum atomic E-state index is 13.2. The Morgan fingerprint density at radius 1 is 1.19 bits per heavy atom. The number of carbonyl (C=O) groups excluding carboxylic acids is 1. The highest BCUT2D eigenvalue weighted by molar-refractivity contribution is 5.79. The number of para-hydroxylation sites is 1. The second kappa shape index (κ2) is 9.93. The Labute approximate surface area is 157 Å². The molecule has 26 heavy (non-hydrogen) atoms. The van der Waals surface area contributed by atoms with E-state index in [0.717, 1.165) is 63.5 Å². The first-order valence-corrected chi connectivity index (χ1v) is 9.98. The molecule has 1 aromatic carbocycles. The lowest BCUT2D eigenvalue weighted by atomic mass is 9.88. The van der Waals surface area contributed by atoms with Crippen molar-refractivity contribution in [2.24, 2.45) is 5.92 Å². The molecule has 1 saturated carbocycles. The van der Waals surface area contributed by atoms with Gasteiger partial charge in [-0.2, -0.15) is 0 Å². The molecule has 2 aliphatic rings. The van der Waals surface area contributed by atoms with E-state index in [1.54, 1.807) is 7.11 Å². The van der Waals surface area contributed by atoms with Crippen LogP contribution in [-0.2, 0) is 16.1 Å². The molecule has 2 fully saturated rings. The van der Waals surface area contributed by atoms with Crippen molar-refractivity contribution in [2.75, 3.05) is 46.5 Å². The lowest BCUT2D eigenvalue weighted by molar-refractivity contribution is -0.137. The standard InChI is InChI=1S/C21H32N2O3/c1-25-20-10-6-5-9-19(20)17-23(12-11-22-13-15-26-16-14-22)21(24)18-7-3-2-4-8-18/h5-6,9-10,18H,2-4,7-8,11-17H2,1H3. The van der Waals surface area contributed by atoms with Crippen molar-refractivity contribution < 1.29 is 14.3 Å². The third-order valence-electron chi connectivity index (χ3n) is 5.61. The Hall–Kier alpha value is -1.59. The van der Waals surface area contributed by atoms with Crippen LogP contribution in [0.2, 0.25) is 0 Å². The number of hydrogen-bond acceptors (Lipinski definition) is 4. The highest BCUT2D eigenvalue weighted by Gasteiger charge is 2.27. The first-order chi connectivity index (χ1) is 12.8. The molecular weight excluding hydrogens is 328 g/mol. The van der Waals surface area contributed by atoms with Gasteiger partial charge in [-0.15, -0.1) is 0 Å². The number of carbonyl (C=O) groups is 1. The molecule has 5 heteroatoms. The molecule has 5 nitrogen and oxygen atoms in total. The van der Waals surface area contributed by atoms with Crippen molar-refractivity contribution in [2.45, 2.75) is 38.6 Å². The quantitative estimate of drug-likeness (QED) is 0.750. The molecule has 1 aliphatic heterocycles. The van der Waals surface area contributed by atoms with E-state index < -0.39 is 0 Å². The highest BCUT2D eigenvalue weighted by Crippen LogP contribution is 2.27. The zero-order chi connectivity index (χ0) is 18.2. The van der Waals surface area contributed by atoms with Gasteiger partial charge in [0.05, 0.1) is 20.3 Å². The Balaban J connectivity index is 1.68. The van der Waals surface area contributed by atoms with E-state index in [9.17, 15) is 4.79 Å². The number of rotatable bonds is 7. The molecule has 0 atom stereocenters. The number of methoxy groups -OCH3 is 1. The fourth-order valence-electron chi connectivity index (χ4n) is 4.00. The lowest BCUT2D eigenvalue weighted by Crippen LogP contribution is -2.44. The summed E-state index contributed by atoms with van der Waals surface area (Å²) in [4.78, 5) is 17.7. The number of benzene rings is 1. The minimum absolute atomic E-state index is 0.197. The normalized spacial score (nSPS) is 19.3. The van der Waals surface area contributed by atoms with Gasteiger partial charge >= 0.3 is 0 Å². The van der Waals surface area contributed by atoms with E-state index >= 15 is 0 Å². The smallest absolute Gasteiger partial charge is 0.226 e. The van der Waals surface area contributed by atoms with Crippen LogP contribution >= 0.6 is 0 Å². The molecule has 3 rings (SSSR count). The molecule has 1 heterocycles. The van der Waals surface area contributed by atoms with Crippen LogP contribution in [0, 0.1) is 5.92 Å². The van der Waals surface area contributed by atoms with Gasteiger partial charge < -0.3 is 14.4 Å². The van der Waals surface area contributed by atoms with Gasteiger partial charge in [0.25, 0.3) is 0 Å². The number of amides is 1. The number of ether oxygens (including phenoxy) is 2. The first-order valence-electron chi connectivity index (χ1n) is 9.98. The number of hydrogen-bond donors (Lipinski definition) is 0. The van der Waals surface area contributed by atoms with E-state index in [1.807, 2.05) is 18.2 Å². The van der Waals surface area contributed by atoms with Gasteiger partial charge in [0, 0.05) is 44.2 Å². The van der Waals surface area contributed by atoms with Crippen molar-refractivity contribution in [3.63, 3.8) is 0 Å². The summed E-state index contributed by atoms with van der Waals surface area (Å²) in [5.41, 5.74) is 1.08. The molecule has 1 amide bonds. The Bertz CT molecular complexity index is 566. The van der Waals surface area contributed by atoms with Gasteiger partial charge in [0.2, 0.25) is 5.91 Å². The van der Waals surface area contributed by atoms with Crippen molar-refractivity contribution in [3.05, 3.63) is 29.8 Å². The average molecular weight is 360 g/mol. The summed E-state index contributed by atoms with van der Waals surface area (Å²) in [7, 11) is 1.69. The zero-order valence-electron chi connectivity index (χ0n) is 16.0. The van der Waals surface area contributed by atoms with Crippen molar-refractivity contribution in [1.82, 2.24) is 9.80 Å². The largest absolute Gasteiger partial charge is 0.496 e. The van der Waals surface area contributed by atoms with Crippen molar-refractivity contribution >= 4 is 5.91 Å². The molecule has 1 saturated heterocycles. The van der Waals surface area contributed by atoms with Crippen LogP contribution in [0.1, 0.15) is 37.7 Å². The van der Waals surface area contributed by atoms with Crippen molar-refractivity contribution in [3.8, 4) is 5.75 Å². The third-order valence-corrected chi connectivity index (χ3v) is 5.61. The average Bonchev–Trinajstić information content (AvgIpc) is 2.72. The van der Waals surface area contributed by atoms with Crippen LogP contribution in [0.4, 0.5) is 0 Å². The molecule has 0 spiro atoms. The van der Waals surface area contributed by atoms with Crippen LogP contribution in [0.5, 0.6) is 5.75 Å². The Morgan fingerprint density at radius 2 is 1.92 bits per heavy atom. The van der Waals surface area contributed by atoms with Crippen LogP contribution < -0.4 is 4.74 Å². The summed E-state index contributed by atoms with van der Waals surface area (Å²) >= 11 is 0.